The summed E-state index contributed by atoms with van der Waals surface area (Å²) in [6, 6.07) is 6.15. The van der Waals surface area contributed by atoms with Crippen LogP contribution in [0.15, 0.2) is 18.2 Å². The molecule has 0 heterocycles. The molecule has 0 spiro atoms. The monoisotopic (exact) mass is 254 g/mol. The molecule has 1 rings (SSSR count). The van der Waals surface area contributed by atoms with Gasteiger partial charge in [0.15, 0.2) is 0 Å². The second kappa shape index (κ2) is 7.15. The zero-order valence-corrected chi connectivity index (χ0v) is 10.5. The Morgan fingerprint density at radius 3 is 2.94 bits per heavy atom. The summed E-state index contributed by atoms with van der Waals surface area (Å²) in [6.45, 7) is 1.16. The van der Waals surface area contributed by atoms with Crippen molar-refractivity contribution < 1.29 is 8.60 Å². The van der Waals surface area contributed by atoms with Gasteiger partial charge in [-0.25, -0.2) is 4.39 Å². The molecule has 1 unspecified atom stereocenters. The Hall–Kier alpha value is -1.25. The van der Waals surface area contributed by atoms with Crippen LogP contribution in [0.5, 0.6) is 0 Å². The summed E-state index contributed by atoms with van der Waals surface area (Å²) < 4.78 is 23.8. The molecule has 0 radical (unpaired) electrons. The fourth-order valence-corrected chi connectivity index (χ4v) is 1.99. The Morgan fingerprint density at radius 2 is 2.29 bits per heavy atom. The quantitative estimate of drug-likeness (QED) is 0.784. The Labute approximate surface area is 103 Å². The highest BCUT2D eigenvalue weighted by molar-refractivity contribution is 7.84. The number of rotatable bonds is 6. The molecule has 17 heavy (non-hydrogen) atoms. The fourth-order valence-electron chi connectivity index (χ4n) is 1.44. The minimum Gasteiger partial charge on any atom is -0.313 e. The molecule has 0 fully saturated rings. The second-order valence-corrected chi connectivity index (χ2v) is 5.28. The van der Waals surface area contributed by atoms with Gasteiger partial charge >= 0.3 is 0 Å². The van der Waals surface area contributed by atoms with Crippen molar-refractivity contribution in [2.75, 3.05) is 18.6 Å². The highest BCUT2D eigenvalue weighted by atomic mass is 32.2. The predicted molar refractivity (Wildman–Crippen MR) is 66.4 cm³/mol. The van der Waals surface area contributed by atoms with E-state index in [0.29, 0.717) is 30.0 Å². The van der Waals surface area contributed by atoms with Gasteiger partial charge in [-0.1, -0.05) is 0 Å². The second-order valence-electron chi connectivity index (χ2n) is 3.72. The maximum atomic E-state index is 13.0. The maximum Gasteiger partial charge on any atom is 0.123 e. The van der Waals surface area contributed by atoms with Crippen LogP contribution in [0.1, 0.15) is 17.5 Å². The van der Waals surface area contributed by atoms with E-state index in [1.165, 1.54) is 18.2 Å². The molecule has 92 valence electrons. The number of nitrogens with one attached hydrogen (secondary N) is 1. The lowest BCUT2D eigenvalue weighted by Crippen LogP contribution is -2.17. The van der Waals surface area contributed by atoms with E-state index in [1.54, 1.807) is 6.26 Å². The van der Waals surface area contributed by atoms with E-state index < -0.39 is 10.8 Å². The molecule has 1 atom stereocenters. The van der Waals surface area contributed by atoms with Crippen LogP contribution in [0.25, 0.3) is 0 Å². The standard InChI is InChI=1S/C12H15FN2OS/c1-17(16)6-2-5-15-9-11-7-12(13)4-3-10(11)8-14/h3-4,7,15H,2,5-6,9H2,1H3. The van der Waals surface area contributed by atoms with Gasteiger partial charge in [0.1, 0.15) is 5.82 Å². The number of nitriles is 1. The van der Waals surface area contributed by atoms with E-state index in [2.05, 4.69) is 5.32 Å². The number of hydrogen-bond acceptors (Lipinski definition) is 3. The van der Waals surface area contributed by atoms with Crippen LogP contribution in [-0.2, 0) is 17.3 Å². The Morgan fingerprint density at radius 1 is 1.53 bits per heavy atom. The summed E-state index contributed by atoms with van der Waals surface area (Å²) in [4.78, 5) is 0. The van der Waals surface area contributed by atoms with Gasteiger partial charge in [-0.05, 0) is 36.7 Å². The average Bonchev–Trinajstić information content (AvgIpc) is 2.28. The molecule has 0 aliphatic heterocycles. The Bertz CT molecular complexity index is 443. The molecule has 0 aliphatic rings. The lowest BCUT2D eigenvalue weighted by molar-refractivity contribution is 0.618. The van der Waals surface area contributed by atoms with E-state index in [0.717, 1.165) is 6.42 Å². The molecule has 1 aromatic carbocycles. The first-order valence-corrected chi connectivity index (χ1v) is 7.05. The summed E-state index contributed by atoms with van der Waals surface area (Å²) in [5.74, 6) is 0.316. The van der Waals surface area contributed by atoms with Crippen LogP contribution < -0.4 is 5.32 Å². The van der Waals surface area contributed by atoms with E-state index in [4.69, 9.17) is 5.26 Å². The molecule has 0 amide bonds. The minimum atomic E-state index is -0.776. The first-order chi connectivity index (χ1) is 8.13. The molecular weight excluding hydrogens is 239 g/mol. The number of benzene rings is 1. The highest BCUT2D eigenvalue weighted by Crippen LogP contribution is 2.09. The summed E-state index contributed by atoms with van der Waals surface area (Å²) in [7, 11) is -0.776. The van der Waals surface area contributed by atoms with Crippen molar-refractivity contribution in [3.05, 3.63) is 35.1 Å². The third kappa shape index (κ3) is 5.07. The van der Waals surface area contributed by atoms with E-state index >= 15 is 0 Å². The topological polar surface area (TPSA) is 52.9 Å². The molecule has 1 aromatic rings. The summed E-state index contributed by atoms with van der Waals surface area (Å²) >= 11 is 0. The zero-order chi connectivity index (χ0) is 12.7. The minimum absolute atomic E-state index is 0.338. The van der Waals surface area contributed by atoms with Crippen molar-refractivity contribution in [3.8, 4) is 6.07 Å². The SMILES string of the molecule is CS(=O)CCCNCc1cc(F)ccc1C#N. The number of nitrogens with zero attached hydrogens (tertiary/aromatic N) is 1. The number of hydrogen-bond donors (Lipinski definition) is 1. The molecular formula is C12H15FN2OS. The Balaban J connectivity index is 2.43. The summed E-state index contributed by atoms with van der Waals surface area (Å²) in [6.07, 6.45) is 2.47. The van der Waals surface area contributed by atoms with Gasteiger partial charge in [-0.2, -0.15) is 5.26 Å². The third-order valence-electron chi connectivity index (χ3n) is 2.29. The zero-order valence-electron chi connectivity index (χ0n) is 9.70. The highest BCUT2D eigenvalue weighted by Gasteiger charge is 2.03. The molecule has 1 N–H and O–H groups in total. The van der Waals surface area contributed by atoms with Gasteiger partial charge in [-0.15, -0.1) is 0 Å². The van der Waals surface area contributed by atoms with E-state index in [-0.39, 0.29) is 5.82 Å². The summed E-state index contributed by atoms with van der Waals surface area (Å²) in [5, 5.41) is 12.0. The van der Waals surface area contributed by atoms with Crippen LogP contribution in [0.3, 0.4) is 0 Å². The third-order valence-corrected chi connectivity index (χ3v) is 3.15. The molecule has 0 bridgehead atoms. The first-order valence-electron chi connectivity index (χ1n) is 5.32. The van der Waals surface area contributed by atoms with Crippen molar-refractivity contribution in [2.24, 2.45) is 0 Å². The molecule has 5 heteroatoms. The first kappa shape index (κ1) is 13.8. The van der Waals surface area contributed by atoms with Crippen molar-refractivity contribution in [1.82, 2.24) is 5.32 Å². The normalized spacial score (nSPS) is 12.1. The van der Waals surface area contributed by atoms with Gasteiger partial charge in [0.05, 0.1) is 11.6 Å². The molecule has 0 saturated heterocycles. The van der Waals surface area contributed by atoms with Crippen LogP contribution in [0.2, 0.25) is 0 Å². The lowest BCUT2D eigenvalue weighted by atomic mass is 10.1. The average molecular weight is 254 g/mol. The predicted octanol–water partition coefficient (Wildman–Crippen LogP) is 1.56. The van der Waals surface area contributed by atoms with Gasteiger partial charge in [0, 0.05) is 29.4 Å². The smallest absolute Gasteiger partial charge is 0.123 e. The molecule has 0 aromatic heterocycles. The van der Waals surface area contributed by atoms with Crippen molar-refractivity contribution in [3.63, 3.8) is 0 Å². The van der Waals surface area contributed by atoms with Crippen LogP contribution in [0, 0.1) is 17.1 Å². The molecule has 0 saturated carbocycles. The van der Waals surface area contributed by atoms with Crippen molar-refractivity contribution >= 4 is 10.8 Å². The largest absolute Gasteiger partial charge is 0.313 e. The van der Waals surface area contributed by atoms with Gasteiger partial charge in [0.25, 0.3) is 0 Å². The maximum absolute atomic E-state index is 13.0. The van der Waals surface area contributed by atoms with Crippen LogP contribution in [0.4, 0.5) is 4.39 Å². The Kier molecular flexibility index (Phi) is 5.81. The van der Waals surface area contributed by atoms with E-state index in [1.807, 2.05) is 6.07 Å². The van der Waals surface area contributed by atoms with Crippen molar-refractivity contribution in [1.29, 1.82) is 5.26 Å². The fraction of sp³-hybridized carbons (Fsp3) is 0.417. The van der Waals surface area contributed by atoms with Crippen molar-refractivity contribution in [2.45, 2.75) is 13.0 Å². The van der Waals surface area contributed by atoms with E-state index in [9.17, 15) is 8.60 Å². The molecule has 0 aliphatic carbocycles. The van der Waals surface area contributed by atoms with Crippen LogP contribution in [-0.4, -0.2) is 22.8 Å². The van der Waals surface area contributed by atoms with Gasteiger partial charge in [-0.3, -0.25) is 4.21 Å². The van der Waals surface area contributed by atoms with Crippen LogP contribution >= 0.6 is 0 Å². The van der Waals surface area contributed by atoms with Gasteiger partial charge < -0.3 is 5.32 Å². The lowest BCUT2D eigenvalue weighted by Gasteiger charge is -2.06. The molecule has 3 nitrogen and oxygen atoms in total. The number of halogens is 1. The summed E-state index contributed by atoms with van der Waals surface area (Å²) in [5.41, 5.74) is 1.14. The van der Waals surface area contributed by atoms with Gasteiger partial charge in [0.2, 0.25) is 0 Å².